The highest BCUT2D eigenvalue weighted by atomic mass is 32.2. The van der Waals surface area contributed by atoms with Gasteiger partial charge in [0.25, 0.3) is 0 Å². The van der Waals surface area contributed by atoms with Crippen molar-refractivity contribution in [2.24, 2.45) is 0 Å². The largest absolute Gasteiger partial charge is 0.508 e. The van der Waals surface area contributed by atoms with Crippen molar-refractivity contribution >= 4 is 10.9 Å². The molecular formula is C18H14F2OS. The Morgan fingerprint density at radius 1 is 0.545 bits per heavy atom. The molecule has 0 aromatic heterocycles. The smallest absolute Gasteiger partial charge is 0.123 e. The van der Waals surface area contributed by atoms with E-state index in [-0.39, 0.29) is 17.4 Å². The van der Waals surface area contributed by atoms with Crippen LogP contribution in [0.25, 0.3) is 0 Å². The molecule has 3 aromatic rings. The summed E-state index contributed by atoms with van der Waals surface area (Å²) in [7, 11) is -0.928. The molecule has 112 valence electrons. The fraction of sp³-hybridized carbons (Fsp3) is 0. The monoisotopic (exact) mass is 316 g/mol. The Labute approximate surface area is 130 Å². The number of hydrogen-bond acceptors (Lipinski definition) is 1. The first kappa shape index (κ1) is 14.6. The van der Waals surface area contributed by atoms with Crippen molar-refractivity contribution in [2.75, 3.05) is 0 Å². The van der Waals surface area contributed by atoms with Crippen LogP contribution in [0.5, 0.6) is 5.75 Å². The number of aromatic hydroxyl groups is 1. The lowest BCUT2D eigenvalue weighted by Crippen LogP contribution is -1.89. The van der Waals surface area contributed by atoms with E-state index < -0.39 is 10.9 Å². The maximum Gasteiger partial charge on any atom is 0.123 e. The molecule has 0 radical (unpaired) electrons. The molecule has 3 aromatic carbocycles. The first-order valence-corrected chi connectivity index (χ1v) is 8.08. The van der Waals surface area contributed by atoms with Gasteiger partial charge >= 0.3 is 0 Å². The Balaban J connectivity index is 2.10. The minimum absolute atomic E-state index is 0.192. The highest BCUT2D eigenvalue weighted by Crippen LogP contribution is 2.51. The second-order valence-corrected chi connectivity index (χ2v) is 7.02. The van der Waals surface area contributed by atoms with Crippen molar-refractivity contribution in [3.8, 4) is 5.75 Å². The first-order valence-electron chi connectivity index (χ1n) is 6.74. The fourth-order valence-corrected chi connectivity index (χ4v) is 4.47. The molecule has 4 heteroatoms. The summed E-state index contributed by atoms with van der Waals surface area (Å²) in [6.45, 7) is 0. The summed E-state index contributed by atoms with van der Waals surface area (Å²) in [6.07, 6.45) is 0. The standard InChI is InChI=1S/C18H14F2OS/c19-13-1-7-16(8-2-13)22(17-9-3-14(20)4-10-17)18-11-5-15(21)6-12-18/h1-12,21-22H. The molecule has 0 fully saturated rings. The van der Waals surface area contributed by atoms with E-state index in [4.69, 9.17) is 0 Å². The highest BCUT2D eigenvalue weighted by molar-refractivity contribution is 8.17. The topological polar surface area (TPSA) is 20.2 Å². The molecule has 0 bridgehead atoms. The number of phenolic OH excluding ortho intramolecular Hbond substituents is 1. The van der Waals surface area contributed by atoms with Gasteiger partial charge in [0.15, 0.2) is 0 Å². The molecule has 1 N–H and O–H groups in total. The molecule has 0 saturated carbocycles. The van der Waals surface area contributed by atoms with Crippen molar-refractivity contribution < 1.29 is 13.9 Å². The quantitative estimate of drug-likeness (QED) is 0.640. The Bertz CT molecular complexity index is 644. The van der Waals surface area contributed by atoms with Crippen molar-refractivity contribution in [2.45, 2.75) is 14.7 Å². The van der Waals surface area contributed by atoms with E-state index in [0.29, 0.717) is 0 Å². The Morgan fingerprint density at radius 3 is 1.23 bits per heavy atom. The number of thiol groups is 1. The van der Waals surface area contributed by atoms with Gasteiger partial charge in [0, 0.05) is 0 Å². The van der Waals surface area contributed by atoms with Gasteiger partial charge in [-0.05, 0) is 87.5 Å². The Morgan fingerprint density at radius 2 is 0.864 bits per heavy atom. The van der Waals surface area contributed by atoms with Gasteiger partial charge in [0.2, 0.25) is 0 Å². The van der Waals surface area contributed by atoms with Crippen LogP contribution >= 0.6 is 10.9 Å². The summed E-state index contributed by atoms with van der Waals surface area (Å²) >= 11 is 0. The SMILES string of the molecule is Oc1ccc([SH](c2ccc(F)cc2)c2ccc(F)cc2)cc1. The lowest BCUT2D eigenvalue weighted by molar-refractivity contribution is 0.475. The minimum atomic E-state index is -0.928. The fourth-order valence-electron chi connectivity index (χ4n) is 2.23. The van der Waals surface area contributed by atoms with Crippen LogP contribution in [0.3, 0.4) is 0 Å². The zero-order valence-corrected chi connectivity index (χ0v) is 12.5. The molecule has 0 saturated heterocycles. The highest BCUT2D eigenvalue weighted by Gasteiger charge is 2.13. The molecule has 0 amide bonds. The number of halogens is 2. The van der Waals surface area contributed by atoms with E-state index in [1.54, 1.807) is 36.4 Å². The molecule has 0 aliphatic heterocycles. The molecule has 3 rings (SSSR count). The van der Waals surface area contributed by atoms with E-state index in [1.807, 2.05) is 12.1 Å². The lowest BCUT2D eigenvalue weighted by atomic mass is 10.3. The summed E-state index contributed by atoms with van der Waals surface area (Å²) < 4.78 is 26.4. The van der Waals surface area contributed by atoms with E-state index in [9.17, 15) is 13.9 Å². The van der Waals surface area contributed by atoms with Crippen molar-refractivity contribution in [3.63, 3.8) is 0 Å². The van der Waals surface area contributed by atoms with E-state index >= 15 is 0 Å². The second-order valence-electron chi connectivity index (χ2n) is 4.80. The molecule has 22 heavy (non-hydrogen) atoms. The average molecular weight is 316 g/mol. The average Bonchev–Trinajstić information content (AvgIpc) is 2.53. The van der Waals surface area contributed by atoms with E-state index in [1.165, 1.54) is 24.3 Å². The van der Waals surface area contributed by atoms with Crippen LogP contribution in [0.4, 0.5) is 8.78 Å². The maximum absolute atomic E-state index is 13.2. The third-order valence-electron chi connectivity index (χ3n) is 3.28. The number of hydrogen-bond donors (Lipinski definition) is 2. The van der Waals surface area contributed by atoms with Crippen LogP contribution in [0.1, 0.15) is 0 Å². The molecule has 0 spiro atoms. The van der Waals surface area contributed by atoms with Crippen LogP contribution in [-0.4, -0.2) is 5.11 Å². The normalized spacial score (nSPS) is 11.3. The van der Waals surface area contributed by atoms with Crippen LogP contribution in [0.15, 0.2) is 87.5 Å². The molecule has 0 aliphatic rings. The van der Waals surface area contributed by atoms with Gasteiger partial charge in [-0.3, -0.25) is 0 Å². The van der Waals surface area contributed by atoms with Crippen LogP contribution in [0.2, 0.25) is 0 Å². The predicted octanol–water partition coefficient (Wildman–Crippen LogP) is 5.15. The van der Waals surface area contributed by atoms with Crippen LogP contribution < -0.4 is 0 Å². The van der Waals surface area contributed by atoms with E-state index in [0.717, 1.165) is 14.7 Å². The zero-order chi connectivity index (χ0) is 15.5. The number of phenols is 1. The Hall–Kier alpha value is -2.33. The first-order chi connectivity index (χ1) is 10.6. The summed E-state index contributed by atoms with van der Waals surface area (Å²) in [4.78, 5) is 2.94. The molecular weight excluding hydrogens is 302 g/mol. The van der Waals surface area contributed by atoms with Crippen LogP contribution in [0, 0.1) is 11.6 Å². The summed E-state index contributed by atoms with van der Waals surface area (Å²) in [5.74, 6) is -0.385. The maximum atomic E-state index is 13.2. The summed E-state index contributed by atoms with van der Waals surface area (Å²) in [5, 5.41) is 9.46. The van der Waals surface area contributed by atoms with Crippen molar-refractivity contribution in [3.05, 3.63) is 84.4 Å². The molecule has 0 aliphatic carbocycles. The van der Waals surface area contributed by atoms with Gasteiger partial charge in [-0.2, -0.15) is 10.9 Å². The number of rotatable bonds is 3. The van der Waals surface area contributed by atoms with Crippen LogP contribution in [-0.2, 0) is 0 Å². The molecule has 0 heterocycles. The molecule has 0 atom stereocenters. The molecule has 1 nitrogen and oxygen atoms in total. The third-order valence-corrected chi connectivity index (χ3v) is 5.72. The van der Waals surface area contributed by atoms with Gasteiger partial charge in [-0.1, -0.05) is 0 Å². The van der Waals surface area contributed by atoms with E-state index in [2.05, 4.69) is 0 Å². The van der Waals surface area contributed by atoms with Gasteiger partial charge in [0.05, 0.1) is 0 Å². The van der Waals surface area contributed by atoms with Gasteiger partial charge in [-0.15, -0.1) is 0 Å². The van der Waals surface area contributed by atoms with Gasteiger partial charge < -0.3 is 5.11 Å². The Kier molecular flexibility index (Phi) is 4.11. The summed E-state index contributed by atoms with van der Waals surface area (Å²) in [5.41, 5.74) is 0. The second kappa shape index (κ2) is 6.20. The molecule has 0 unspecified atom stereocenters. The van der Waals surface area contributed by atoms with Crippen molar-refractivity contribution in [1.82, 2.24) is 0 Å². The summed E-state index contributed by atoms with van der Waals surface area (Å²) in [6, 6.07) is 19.6. The minimum Gasteiger partial charge on any atom is -0.508 e. The van der Waals surface area contributed by atoms with Gasteiger partial charge in [0.1, 0.15) is 17.4 Å². The van der Waals surface area contributed by atoms with Crippen molar-refractivity contribution in [1.29, 1.82) is 0 Å². The zero-order valence-electron chi connectivity index (χ0n) is 11.6. The predicted molar refractivity (Wildman–Crippen MR) is 84.7 cm³/mol. The van der Waals surface area contributed by atoms with Gasteiger partial charge in [-0.25, -0.2) is 8.78 Å². The lowest BCUT2D eigenvalue weighted by Gasteiger charge is -2.23. The third kappa shape index (κ3) is 3.12. The number of benzene rings is 3.